The number of carboxylic acids is 1. The van der Waals surface area contributed by atoms with Crippen molar-refractivity contribution in [2.45, 2.75) is 6.54 Å². The molecule has 0 saturated heterocycles. The highest BCUT2D eigenvalue weighted by Crippen LogP contribution is 2.20. The molecule has 0 saturated carbocycles. The largest absolute Gasteiger partial charge is 0.545 e. The average molecular weight is 355 g/mol. The standard InChI is InChI=1S/C18H14ClN3O3/c19-15-9-5-4-8-13(15)17(23)21-16-14(18(24)25)10-20-22(16)11-12-6-2-1-3-7-12/h1-10H,11H2,(H,21,23)(H,24,25)/p-1. The lowest BCUT2D eigenvalue weighted by molar-refractivity contribution is -0.254. The second kappa shape index (κ2) is 7.19. The fraction of sp³-hybridized carbons (Fsp3) is 0.0556. The number of aromatic nitrogens is 2. The summed E-state index contributed by atoms with van der Waals surface area (Å²) >= 11 is 6.02. The second-order valence-corrected chi connectivity index (χ2v) is 5.68. The van der Waals surface area contributed by atoms with Crippen molar-refractivity contribution in [3.8, 4) is 0 Å². The lowest BCUT2D eigenvalue weighted by atomic mass is 10.2. The van der Waals surface area contributed by atoms with Gasteiger partial charge in [0.05, 0.1) is 34.9 Å². The Labute approximate surface area is 148 Å². The van der Waals surface area contributed by atoms with Gasteiger partial charge in [0.15, 0.2) is 0 Å². The number of aromatic carboxylic acids is 1. The van der Waals surface area contributed by atoms with Crippen LogP contribution in [0.25, 0.3) is 0 Å². The molecular weight excluding hydrogens is 342 g/mol. The summed E-state index contributed by atoms with van der Waals surface area (Å²) in [7, 11) is 0. The molecule has 1 amide bonds. The third-order valence-corrected chi connectivity index (χ3v) is 3.91. The van der Waals surface area contributed by atoms with Crippen molar-refractivity contribution in [2.24, 2.45) is 0 Å². The molecule has 0 bridgehead atoms. The maximum atomic E-state index is 12.5. The van der Waals surface area contributed by atoms with E-state index in [1.54, 1.807) is 24.3 Å². The van der Waals surface area contributed by atoms with Crippen molar-refractivity contribution >= 4 is 29.3 Å². The first-order chi connectivity index (χ1) is 12.1. The Morgan fingerprint density at radius 2 is 1.72 bits per heavy atom. The quantitative estimate of drug-likeness (QED) is 0.761. The minimum atomic E-state index is -1.42. The maximum Gasteiger partial charge on any atom is 0.258 e. The fourth-order valence-electron chi connectivity index (χ4n) is 2.36. The molecule has 0 aliphatic heterocycles. The zero-order chi connectivity index (χ0) is 17.8. The van der Waals surface area contributed by atoms with E-state index in [0.717, 1.165) is 11.8 Å². The van der Waals surface area contributed by atoms with E-state index in [4.69, 9.17) is 11.6 Å². The molecule has 0 spiro atoms. The van der Waals surface area contributed by atoms with Gasteiger partial charge in [-0.2, -0.15) is 5.10 Å². The third kappa shape index (κ3) is 3.70. The first-order valence-corrected chi connectivity index (χ1v) is 7.81. The Hall–Kier alpha value is -3.12. The van der Waals surface area contributed by atoms with Gasteiger partial charge in [-0.15, -0.1) is 0 Å². The number of anilines is 1. The predicted molar refractivity (Wildman–Crippen MR) is 91.5 cm³/mol. The third-order valence-electron chi connectivity index (χ3n) is 3.58. The van der Waals surface area contributed by atoms with E-state index < -0.39 is 11.9 Å². The van der Waals surface area contributed by atoms with Crippen molar-refractivity contribution in [1.29, 1.82) is 0 Å². The molecule has 1 aromatic heterocycles. The fourth-order valence-corrected chi connectivity index (χ4v) is 2.58. The van der Waals surface area contributed by atoms with Crippen molar-refractivity contribution in [2.75, 3.05) is 5.32 Å². The van der Waals surface area contributed by atoms with E-state index >= 15 is 0 Å². The summed E-state index contributed by atoms with van der Waals surface area (Å²) in [6.45, 7) is 0.298. The number of carboxylic acid groups (broad SMARTS) is 1. The van der Waals surface area contributed by atoms with Gasteiger partial charge < -0.3 is 15.2 Å². The molecule has 1 heterocycles. The molecular formula is C18H13ClN3O3-. The highest BCUT2D eigenvalue weighted by molar-refractivity contribution is 6.34. The van der Waals surface area contributed by atoms with Crippen LogP contribution in [-0.2, 0) is 6.54 Å². The summed E-state index contributed by atoms with van der Waals surface area (Å²) in [6, 6.07) is 15.8. The summed E-state index contributed by atoms with van der Waals surface area (Å²) in [5.74, 6) is -1.90. The van der Waals surface area contributed by atoms with Gasteiger partial charge in [-0.3, -0.25) is 4.79 Å². The smallest absolute Gasteiger partial charge is 0.258 e. The summed E-state index contributed by atoms with van der Waals surface area (Å²) in [5, 5.41) is 18.2. The van der Waals surface area contributed by atoms with Crippen LogP contribution >= 0.6 is 11.6 Å². The van der Waals surface area contributed by atoms with E-state index in [-0.39, 0.29) is 22.0 Å². The minimum Gasteiger partial charge on any atom is -0.545 e. The zero-order valence-electron chi connectivity index (χ0n) is 13.0. The van der Waals surface area contributed by atoms with E-state index in [9.17, 15) is 14.7 Å². The lowest BCUT2D eigenvalue weighted by Crippen LogP contribution is -2.25. The number of amides is 1. The van der Waals surface area contributed by atoms with Crippen LogP contribution in [0.15, 0.2) is 60.8 Å². The minimum absolute atomic E-state index is 0.0498. The number of nitrogens with zero attached hydrogens (tertiary/aromatic N) is 2. The van der Waals surface area contributed by atoms with E-state index in [2.05, 4.69) is 10.4 Å². The van der Waals surface area contributed by atoms with Crippen LogP contribution < -0.4 is 10.4 Å². The second-order valence-electron chi connectivity index (χ2n) is 5.27. The van der Waals surface area contributed by atoms with Crippen molar-refractivity contribution in [3.63, 3.8) is 0 Å². The molecule has 0 atom stereocenters. The summed E-state index contributed by atoms with van der Waals surface area (Å²) in [6.07, 6.45) is 1.15. The van der Waals surface area contributed by atoms with Gasteiger partial charge in [-0.05, 0) is 17.7 Å². The van der Waals surface area contributed by atoms with Gasteiger partial charge >= 0.3 is 0 Å². The molecule has 3 rings (SSSR count). The monoisotopic (exact) mass is 354 g/mol. The van der Waals surface area contributed by atoms with Gasteiger partial charge in [0.25, 0.3) is 5.91 Å². The summed E-state index contributed by atoms with van der Waals surface area (Å²) in [4.78, 5) is 23.8. The number of rotatable bonds is 5. The molecule has 0 fully saturated rings. The van der Waals surface area contributed by atoms with E-state index in [1.807, 2.05) is 30.3 Å². The van der Waals surface area contributed by atoms with Gasteiger partial charge in [-0.1, -0.05) is 54.1 Å². The topological polar surface area (TPSA) is 87.1 Å². The Morgan fingerprint density at radius 3 is 2.40 bits per heavy atom. The SMILES string of the molecule is O=C(Nc1c(C(=O)[O-])cnn1Cc1ccccc1)c1ccccc1Cl. The molecule has 0 unspecified atom stereocenters. The molecule has 0 aliphatic rings. The van der Waals surface area contributed by atoms with Crippen molar-refractivity contribution in [3.05, 3.63) is 82.5 Å². The Bertz CT molecular complexity index is 922. The molecule has 7 heteroatoms. The first kappa shape index (κ1) is 16.7. The number of benzene rings is 2. The van der Waals surface area contributed by atoms with Crippen LogP contribution in [0.2, 0.25) is 5.02 Å². The Morgan fingerprint density at radius 1 is 1.04 bits per heavy atom. The van der Waals surface area contributed by atoms with Crippen molar-refractivity contribution in [1.82, 2.24) is 9.78 Å². The van der Waals surface area contributed by atoms with Crippen LogP contribution in [0.5, 0.6) is 0 Å². The van der Waals surface area contributed by atoms with Crippen LogP contribution in [-0.4, -0.2) is 21.7 Å². The van der Waals surface area contributed by atoms with Crippen LogP contribution in [0.4, 0.5) is 5.82 Å². The van der Waals surface area contributed by atoms with Gasteiger partial charge in [0.2, 0.25) is 0 Å². The Kier molecular flexibility index (Phi) is 4.81. The highest BCUT2D eigenvalue weighted by Gasteiger charge is 2.17. The molecule has 25 heavy (non-hydrogen) atoms. The van der Waals surface area contributed by atoms with Crippen molar-refractivity contribution < 1.29 is 14.7 Å². The van der Waals surface area contributed by atoms with Gasteiger partial charge in [0, 0.05) is 0 Å². The molecule has 2 aromatic carbocycles. The zero-order valence-corrected chi connectivity index (χ0v) is 13.7. The van der Waals surface area contributed by atoms with E-state index in [1.165, 1.54) is 4.68 Å². The van der Waals surface area contributed by atoms with E-state index in [0.29, 0.717) is 6.54 Å². The first-order valence-electron chi connectivity index (χ1n) is 7.43. The summed E-state index contributed by atoms with van der Waals surface area (Å²) in [5.41, 5.74) is 0.945. The molecule has 6 nitrogen and oxygen atoms in total. The molecule has 0 radical (unpaired) electrons. The average Bonchev–Trinajstić information content (AvgIpc) is 2.99. The van der Waals surface area contributed by atoms with Gasteiger partial charge in [-0.25, -0.2) is 4.68 Å². The van der Waals surface area contributed by atoms with Crippen LogP contribution in [0, 0.1) is 0 Å². The number of hydrogen-bond donors (Lipinski definition) is 1. The normalized spacial score (nSPS) is 10.4. The Balaban J connectivity index is 1.93. The highest BCUT2D eigenvalue weighted by atomic mass is 35.5. The molecule has 0 aliphatic carbocycles. The summed E-state index contributed by atoms with van der Waals surface area (Å²) < 4.78 is 1.40. The maximum absolute atomic E-state index is 12.5. The molecule has 126 valence electrons. The lowest BCUT2D eigenvalue weighted by Gasteiger charge is -2.12. The van der Waals surface area contributed by atoms with Crippen LogP contribution in [0.3, 0.4) is 0 Å². The van der Waals surface area contributed by atoms with Crippen LogP contribution in [0.1, 0.15) is 26.3 Å². The number of carbonyl (C=O) groups is 2. The predicted octanol–water partition coefficient (Wildman–Crippen LogP) is 2.20. The molecule has 1 N–H and O–H groups in total. The number of carbonyl (C=O) groups excluding carboxylic acids is 2. The number of halogens is 1. The number of nitrogens with one attached hydrogen (secondary N) is 1. The number of hydrogen-bond acceptors (Lipinski definition) is 4. The van der Waals surface area contributed by atoms with Gasteiger partial charge in [0.1, 0.15) is 5.82 Å². The molecule has 3 aromatic rings.